The van der Waals surface area contributed by atoms with Crippen molar-refractivity contribution in [2.75, 3.05) is 0 Å². The molecule has 0 N–H and O–H groups in total. The molecule has 0 fully saturated rings. The highest BCUT2D eigenvalue weighted by Gasteiger charge is 2.02. The van der Waals surface area contributed by atoms with Crippen molar-refractivity contribution < 1.29 is 0 Å². The largest absolute Gasteiger partial charge is 0.255 e. The molecule has 0 saturated heterocycles. The van der Waals surface area contributed by atoms with Gasteiger partial charge >= 0.3 is 0 Å². The van der Waals surface area contributed by atoms with Gasteiger partial charge in [0.25, 0.3) is 0 Å². The van der Waals surface area contributed by atoms with Crippen LogP contribution in [0.15, 0.2) is 36.7 Å². The molecule has 0 spiro atoms. The quantitative estimate of drug-likeness (QED) is 0.790. The van der Waals surface area contributed by atoms with Crippen molar-refractivity contribution in [2.45, 2.75) is 10.7 Å². The average Bonchev–Trinajstić information content (AvgIpc) is 2.39. The second-order valence-corrected chi connectivity index (χ2v) is 4.49. The molecule has 0 aliphatic heterocycles. The Morgan fingerprint density at radius 3 is 1.62 bits per heavy atom. The number of nitrogens with zero attached hydrogens (tertiary/aromatic N) is 2. The summed E-state index contributed by atoms with van der Waals surface area (Å²) in [5.41, 5.74) is 4.24. The minimum atomic E-state index is 0.834. The van der Waals surface area contributed by atoms with Gasteiger partial charge in [0.15, 0.2) is 0 Å². The van der Waals surface area contributed by atoms with Crippen LogP contribution in [0.2, 0.25) is 0 Å². The molecule has 16 heavy (non-hydrogen) atoms. The normalized spacial score (nSPS) is 10.4. The van der Waals surface area contributed by atoms with Gasteiger partial charge in [-0.05, 0) is 35.4 Å². The molecule has 0 aliphatic rings. The molecule has 82 valence electrons. The van der Waals surface area contributed by atoms with E-state index in [1.165, 1.54) is 11.1 Å². The Hall–Kier alpha value is -0.740. The van der Waals surface area contributed by atoms with Gasteiger partial charge in [-0.15, -0.1) is 0 Å². The minimum Gasteiger partial charge on any atom is -0.255 e. The molecule has 2 heterocycles. The van der Waals surface area contributed by atoms with E-state index in [2.05, 4.69) is 54.0 Å². The fraction of sp³-hybridized carbons (Fsp3) is 0.167. The summed E-state index contributed by atoms with van der Waals surface area (Å²) >= 11 is 6.87. The van der Waals surface area contributed by atoms with Crippen LogP contribution in [0.25, 0.3) is 11.4 Å². The molecular weight excluding hydrogens is 332 g/mol. The topological polar surface area (TPSA) is 25.8 Å². The van der Waals surface area contributed by atoms with Gasteiger partial charge in [-0.1, -0.05) is 31.9 Å². The summed E-state index contributed by atoms with van der Waals surface area (Å²) in [5.74, 6) is 0. The second-order valence-electron chi connectivity index (χ2n) is 3.37. The minimum absolute atomic E-state index is 0.834. The standard InChI is InChI=1S/C12H10Br2N2/c13-7-9-1-3-15-11(5-9)12-6-10(8-14)2-4-16-12/h1-6H,7-8H2. The fourth-order valence-electron chi connectivity index (χ4n) is 1.39. The first-order chi connectivity index (χ1) is 7.83. The van der Waals surface area contributed by atoms with E-state index >= 15 is 0 Å². The van der Waals surface area contributed by atoms with Crippen molar-refractivity contribution in [1.82, 2.24) is 9.97 Å². The zero-order valence-corrected chi connectivity index (χ0v) is 11.7. The molecule has 2 rings (SSSR count). The number of alkyl halides is 2. The number of rotatable bonds is 3. The summed E-state index contributed by atoms with van der Waals surface area (Å²) < 4.78 is 0. The van der Waals surface area contributed by atoms with Crippen LogP contribution in [0.5, 0.6) is 0 Å². The maximum absolute atomic E-state index is 4.33. The van der Waals surface area contributed by atoms with Crippen LogP contribution >= 0.6 is 31.9 Å². The zero-order chi connectivity index (χ0) is 11.4. The highest BCUT2D eigenvalue weighted by molar-refractivity contribution is 9.08. The molecular formula is C12H10Br2N2. The van der Waals surface area contributed by atoms with Gasteiger partial charge in [0, 0.05) is 23.1 Å². The van der Waals surface area contributed by atoms with E-state index in [0.717, 1.165) is 22.0 Å². The van der Waals surface area contributed by atoms with E-state index in [1.54, 1.807) is 0 Å². The molecule has 0 aromatic carbocycles. The van der Waals surface area contributed by atoms with E-state index < -0.39 is 0 Å². The molecule has 0 amide bonds. The van der Waals surface area contributed by atoms with Crippen molar-refractivity contribution in [1.29, 1.82) is 0 Å². The summed E-state index contributed by atoms with van der Waals surface area (Å²) in [6.07, 6.45) is 3.63. The molecule has 0 aliphatic carbocycles. The highest BCUT2D eigenvalue weighted by atomic mass is 79.9. The van der Waals surface area contributed by atoms with E-state index in [1.807, 2.05) is 24.5 Å². The van der Waals surface area contributed by atoms with Gasteiger partial charge in [-0.25, -0.2) is 0 Å². The third-order valence-electron chi connectivity index (χ3n) is 2.22. The van der Waals surface area contributed by atoms with Crippen LogP contribution in [-0.4, -0.2) is 9.97 Å². The molecule has 4 heteroatoms. The molecule has 0 unspecified atom stereocenters. The summed E-state index contributed by atoms with van der Waals surface area (Å²) in [7, 11) is 0. The van der Waals surface area contributed by atoms with Gasteiger partial charge in [-0.3, -0.25) is 9.97 Å². The van der Waals surface area contributed by atoms with Crippen LogP contribution in [0.4, 0.5) is 0 Å². The van der Waals surface area contributed by atoms with Gasteiger partial charge in [0.1, 0.15) is 0 Å². The van der Waals surface area contributed by atoms with Gasteiger partial charge < -0.3 is 0 Å². The average molecular weight is 342 g/mol. The second kappa shape index (κ2) is 5.55. The van der Waals surface area contributed by atoms with Crippen LogP contribution in [0, 0.1) is 0 Å². The highest BCUT2D eigenvalue weighted by Crippen LogP contribution is 2.18. The Bertz CT molecular complexity index is 440. The van der Waals surface area contributed by atoms with Crippen molar-refractivity contribution in [3.05, 3.63) is 47.8 Å². The summed E-state index contributed by atoms with van der Waals surface area (Å²) in [5, 5.41) is 1.67. The molecule has 0 atom stereocenters. The summed E-state index contributed by atoms with van der Waals surface area (Å²) in [4.78, 5) is 8.67. The van der Waals surface area contributed by atoms with Crippen LogP contribution in [-0.2, 0) is 10.7 Å². The first kappa shape index (κ1) is 11.7. The van der Waals surface area contributed by atoms with Crippen molar-refractivity contribution in [3.8, 4) is 11.4 Å². The molecule has 0 saturated carbocycles. The summed E-state index contributed by atoms with van der Waals surface area (Å²) in [6.45, 7) is 0. The number of aromatic nitrogens is 2. The maximum Gasteiger partial charge on any atom is 0.0889 e. The van der Waals surface area contributed by atoms with E-state index in [-0.39, 0.29) is 0 Å². The monoisotopic (exact) mass is 340 g/mol. The lowest BCUT2D eigenvalue weighted by molar-refractivity contribution is 1.21. The Labute approximate surface area is 111 Å². The lowest BCUT2D eigenvalue weighted by Crippen LogP contribution is -1.90. The van der Waals surface area contributed by atoms with Crippen molar-refractivity contribution in [2.24, 2.45) is 0 Å². The Kier molecular flexibility index (Phi) is 4.07. The Morgan fingerprint density at radius 2 is 1.25 bits per heavy atom. The SMILES string of the molecule is BrCc1ccnc(-c2cc(CBr)ccn2)c1. The van der Waals surface area contributed by atoms with Gasteiger partial charge in [0.05, 0.1) is 11.4 Å². The van der Waals surface area contributed by atoms with E-state index in [4.69, 9.17) is 0 Å². The van der Waals surface area contributed by atoms with Crippen LogP contribution < -0.4 is 0 Å². The molecule has 2 aromatic heterocycles. The lowest BCUT2D eigenvalue weighted by atomic mass is 10.1. The fourth-order valence-corrected chi connectivity index (χ4v) is 2.09. The smallest absolute Gasteiger partial charge is 0.0889 e. The third-order valence-corrected chi connectivity index (χ3v) is 3.51. The van der Waals surface area contributed by atoms with Gasteiger partial charge in [-0.2, -0.15) is 0 Å². The molecule has 2 nitrogen and oxygen atoms in total. The maximum atomic E-state index is 4.33. The molecule has 2 aromatic rings. The lowest BCUT2D eigenvalue weighted by Gasteiger charge is -2.03. The van der Waals surface area contributed by atoms with Crippen molar-refractivity contribution >= 4 is 31.9 Å². The first-order valence-corrected chi connectivity index (χ1v) is 7.10. The predicted octanol–water partition coefficient (Wildman–Crippen LogP) is 3.93. The summed E-state index contributed by atoms with van der Waals surface area (Å²) in [6, 6.07) is 8.09. The van der Waals surface area contributed by atoms with Crippen LogP contribution in [0.3, 0.4) is 0 Å². The van der Waals surface area contributed by atoms with E-state index in [0.29, 0.717) is 0 Å². The van der Waals surface area contributed by atoms with E-state index in [9.17, 15) is 0 Å². The third kappa shape index (κ3) is 2.68. The molecule has 0 radical (unpaired) electrons. The number of hydrogen-bond acceptors (Lipinski definition) is 2. The number of halogens is 2. The molecule has 0 bridgehead atoms. The van der Waals surface area contributed by atoms with Crippen molar-refractivity contribution in [3.63, 3.8) is 0 Å². The van der Waals surface area contributed by atoms with Gasteiger partial charge in [0.2, 0.25) is 0 Å². The zero-order valence-electron chi connectivity index (χ0n) is 8.53. The number of pyridine rings is 2. The predicted molar refractivity (Wildman–Crippen MR) is 72.7 cm³/mol. The van der Waals surface area contributed by atoms with Crippen LogP contribution in [0.1, 0.15) is 11.1 Å². The Morgan fingerprint density at radius 1 is 0.812 bits per heavy atom. The first-order valence-electron chi connectivity index (χ1n) is 4.85. The number of hydrogen-bond donors (Lipinski definition) is 0. The Balaban J connectivity index is 2.41.